The zero-order valence-corrected chi connectivity index (χ0v) is 28.7. The Morgan fingerprint density at radius 1 is 0.884 bits per heavy atom. The molecule has 1 saturated heterocycles. The summed E-state index contributed by atoms with van der Waals surface area (Å²) < 4.78 is 65.1. The topological polar surface area (TPSA) is 101 Å². The average Bonchev–Trinajstić information content (AvgIpc) is 3.71. The molecule has 3 unspecified atom stereocenters. The molecule has 0 bridgehead atoms. The molecule has 0 radical (unpaired) electrons. The number of halogens is 2. The maximum Gasteiger partial charge on any atom is 0.304 e. The first kappa shape index (κ1) is 33.4. The van der Waals surface area contributed by atoms with Gasteiger partial charge in [0.15, 0.2) is 5.60 Å². The minimum Gasteiger partial charge on any atom is -0.446 e. The van der Waals surface area contributed by atoms with E-state index in [0.717, 1.165) is 10.0 Å². The van der Waals surface area contributed by atoms with Crippen LogP contribution in [0.4, 0.5) is 0 Å². The Bertz CT molecular complexity index is 1720. The van der Waals surface area contributed by atoms with Gasteiger partial charge in [-0.3, -0.25) is 4.79 Å². The lowest BCUT2D eigenvalue weighted by Gasteiger charge is -2.25. The van der Waals surface area contributed by atoms with E-state index < -0.39 is 43.7 Å². The van der Waals surface area contributed by atoms with Crippen molar-refractivity contribution in [3.63, 3.8) is 0 Å². The second-order valence-corrected chi connectivity index (χ2v) is 15.7. The van der Waals surface area contributed by atoms with E-state index in [9.17, 15) is 21.6 Å². The lowest BCUT2D eigenvalue weighted by Crippen LogP contribution is -2.37. The van der Waals surface area contributed by atoms with Crippen molar-refractivity contribution >= 4 is 57.9 Å². The second-order valence-electron chi connectivity index (χ2n) is 10.1. The summed E-state index contributed by atoms with van der Waals surface area (Å²) >= 11 is 6.68. The van der Waals surface area contributed by atoms with E-state index in [4.69, 9.17) is 4.74 Å². The van der Waals surface area contributed by atoms with Crippen LogP contribution in [0, 0.1) is 11.8 Å². The molecule has 0 aliphatic carbocycles. The third kappa shape index (κ3) is 7.59. The molecule has 3 aromatic rings. The van der Waals surface area contributed by atoms with Crippen molar-refractivity contribution in [2.24, 2.45) is 0 Å². The van der Waals surface area contributed by atoms with Crippen molar-refractivity contribution in [3.8, 4) is 11.8 Å². The summed E-state index contributed by atoms with van der Waals surface area (Å²) in [6, 6.07) is 20.5. The normalized spacial score (nSPS) is 18.5. The maximum absolute atomic E-state index is 14.0. The number of esters is 1. The Labute approximate surface area is 270 Å². The fourth-order valence-corrected chi connectivity index (χ4v) is 8.54. The number of benzene rings is 3. The van der Waals surface area contributed by atoms with Gasteiger partial charge in [-0.2, -0.15) is 8.61 Å². The molecule has 4 rings (SSSR count). The summed E-state index contributed by atoms with van der Waals surface area (Å²) in [7, 11) is -8.06. The second kappa shape index (κ2) is 13.6. The smallest absolute Gasteiger partial charge is 0.304 e. The van der Waals surface area contributed by atoms with E-state index in [-0.39, 0.29) is 22.9 Å². The summed E-state index contributed by atoms with van der Waals surface area (Å²) in [5, 5.41) is 0. The van der Waals surface area contributed by atoms with Gasteiger partial charge in [0.25, 0.3) is 0 Å². The largest absolute Gasteiger partial charge is 0.446 e. The number of nitrogens with zero attached hydrogens (tertiary/aromatic N) is 2. The first-order valence-electron chi connectivity index (χ1n) is 13.6. The van der Waals surface area contributed by atoms with Crippen LogP contribution in [-0.2, 0) is 29.6 Å². The van der Waals surface area contributed by atoms with Crippen LogP contribution in [0.3, 0.4) is 0 Å². The first-order valence-corrected chi connectivity index (χ1v) is 18.1. The molecular formula is C31H32Br2N2O6S2. The highest BCUT2D eigenvalue weighted by Gasteiger charge is 2.57. The molecule has 0 amide bonds. The van der Waals surface area contributed by atoms with Crippen LogP contribution in [-0.4, -0.2) is 56.1 Å². The molecule has 1 aliphatic rings. The standard InChI is InChI=1S/C31H32Br2N2O6S2/c1-4-31(5-2,41-23(3)36)20-9-21-34(42(37,38)27-16-12-25(32)13-17-27)22-29-30(24-10-7-6-8-11-24)35(29)43(39,40)28-18-14-26(33)15-19-28/h6-8,10-19,29-30H,4-5,21-22H2,1-3H3. The third-order valence-electron chi connectivity index (χ3n) is 7.30. The Kier molecular flexibility index (Phi) is 10.6. The van der Waals surface area contributed by atoms with Crippen LogP contribution in [0.2, 0.25) is 0 Å². The highest BCUT2D eigenvalue weighted by atomic mass is 79.9. The Hall–Kier alpha value is -2.53. The van der Waals surface area contributed by atoms with E-state index in [0.29, 0.717) is 17.3 Å². The summed E-state index contributed by atoms with van der Waals surface area (Å²) in [5.41, 5.74) is -0.298. The average molecular weight is 753 g/mol. The Balaban J connectivity index is 1.75. The van der Waals surface area contributed by atoms with E-state index in [2.05, 4.69) is 43.7 Å². The molecule has 12 heteroatoms. The predicted molar refractivity (Wildman–Crippen MR) is 172 cm³/mol. The van der Waals surface area contributed by atoms with Gasteiger partial charge in [0, 0.05) is 22.4 Å². The van der Waals surface area contributed by atoms with Gasteiger partial charge in [0.2, 0.25) is 20.0 Å². The van der Waals surface area contributed by atoms with Crippen LogP contribution in [0.1, 0.15) is 45.2 Å². The van der Waals surface area contributed by atoms with Gasteiger partial charge in [-0.1, -0.05) is 87.9 Å². The lowest BCUT2D eigenvalue weighted by molar-refractivity contribution is -0.152. The molecule has 0 N–H and O–H groups in total. The van der Waals surface area contributed by atoms with Gasteiger partial charge in [-0.15, -0.1) is 0 Å². The molecule has 0 saturated carbocycles. The highest BCUT2D eigenvalue weighted by molar-refractivity contribution is 9.10. The first-order chi connectivity index (χ1) is 20.3. The predicted octanol–water partition coefficient (Wildman–Crippen LogP) is 6.14. The number of rotatable bonds is 11. The lowest BCUT2D eigenvalue weighted by atomic mass is 9.98. The van der Waals surface area contributed by atoms with Crippen molar-refractivity contribution in [3.05, 3.63) is 93.4 Å². The zero-order valence-electron chi connectivity index (χ0n) is 23.9. The van der Waals surface area contributed by atoms with Crippen molar-refractivity contribution < 1.29 is 26.4 Å². The van der Waals surface area contributed by atoms with Crippen LogP contribution < -0.4 is 0 Å². The Morgan fingerprint density at radius 3 is 1.93 bits per heavy atom. The number of carbonyl (C=O) groups is 1. The quantitative estimate of drug-likeness (QED) is 0.133. The molecular weight excluding hydrogens is 720 g/mol. The van der Waals surface area contributed by atoms with Gasteiger partial charge in [-0.05, 0) is 66.9 Å². The number of carbonyl (C=O) groups excluding carboxylic acids is 1. The van der Waals surface area contributed by atoms with E-state index in [1.54, 1.807) is 24.3 Å². The molecule has 0 aromatic heterocycles. The maximum atomic E-state index is 14.0. The van der Waals surface area contributed by atoms with E-state index >= 15 is 0 Å². The molecule has 1 heterocycles. The van der Waals surface area contributed by atoms with Gasteiger partial charge >= 0.3 is 5.97 Å². The molecule has 0 spiro atoms. The van der Waals surface area contributed by atoms with Gasteiger partial charge in [0.1, 0.15) is 0 Å². The van der Waals surface area contributed by atoms with Crippen molar-refractivity contribution in [1.29, 1.82) is 0 Å². The molecule has 43 heavy (non-hydrogen) atoms. The zero-order chi connectivity index (χ0) is 31.4. The number of hydrogen-bond donors (Lipinski definition) is 0. The monoisotopic (exact) mass is 750 g/mol. The van der Waals surface area contributed by atoms with Crippen molar-refractivity contribution in [2.45, 2.75) is 61.1 Å². The fraction of sp³-hybridized carbons (Fsp3) is 0.323. The molecule has 3 aromatic carbocycles. The molecule has 8 nitrogen and oxygen atoms in total. The minimum absolute atomic E-state index is 0.0500. The van der Waals surface area contributed by atoms with Crippen LogP contribution in [0.25, 0.3) is 0 Å². The van der Waals surface area contributed by atoms with E-state index in [1.807, 2.05) is 44.2 Å². The summed E-state index contributed by atoms with van der Waals surface area (Å²) in [6.45, 7) is 4.63. The summed E-state index contributed by atoms with van der Waals surface area (Å²) in [5.74, 6) is 5.45. The van der Waals surface area contributed by atoms with Crippen molar-refractivity contribution in [2.75, 3.05) is 13.1 Å². The minimum atomic E-state index is -4.10. The van der Waals surface area contributed by atoms with Gasteiger partial charge in [0.05, 0.1) is 28.4 Å². The molecule has 3 atom stereocenters. The highest BCUT2D eigenvalue weighted by Crippen LogP contribution is 2.48. The molecule has 1 aliphatic heterocycles. The van der Waals surface area contributed by atoms with Crippen LogP contribution >= 0.6 is 31.9 Å². The molecule has 228 valence electrons. The summed E-state index contributed by atoms with van der Waals surface area (Å²) in [4.78, 5) is 11.9. The third-order valence-corrected chi connectivity index (χ3v) is 12.1. The SMILES string of the molecule is CCC(C#CCN(CC1C(c2ccccc2)N1S(=O)(=O)c1ccc(Br)cc1)S(=O)(=O)c1ccc(Br)cc1)(CC)OC(C)=O. The van der Waals surface area contributed by atoms with E-state index in [1.165, 1.54) is 39.8 Å². The summed E-state index contributed by atoms with van der Waals surface area (Å²) in [6.07, 6.45) is 0.848. The number of sulfonamides is 2. The number of ether oxygens (including phenoxy) is 1. The van der Waals surface area contributed by atoms with Crippen molar-refractivity contribution in [1.82, 2.24) is 8.61 Å². The van der Waals surface area contributed by atoms with Gasteiger partial charge in [-0.25, -0.2) is 16.8 Å². The number of hydrogen-bond acceptors (Lipinski definition) is 6. The van der Waals surface area contributed by atoms with Gasteiger partial charge < -0.3 is 4.74 Å². The van der Waals surface area contributed by atoms with Crippen LogP contribution in [0.15, 0.2) is 97.6 Å². The fourth-order valence-electron chi connectivity index (χ4n) is 4.89. The Morgan fingerprint density at radius 2 is 1.42 bits per heavy atom. The van der Waals surface area contributed by atoms with Crippen LogP contribution in [0.5, 0.6) is 0 Å². The molecule has 1 fully saturated rings.